The fourth-order valence-electron chi connectivity index (χ4n) is 2.51. The molecule has 0 aromatic carbocycles. The van der Waals surface area contributed by atoms with Crippen LogP contribution in [0, 0.1) is 0 Å². The van der Waals surface area contributed by atoms with Crippen LogP contribution in [0.15, 0.2) is 0 Å². The van der Waals surface area contributed by atoms with Gasteiger partial charge in [-0.25, -0.2) is 0 Å². The van der Waals surface area contributed by atoms with Crippen molar-refractivity contribution in [3.63, 3.8) is 0 Å². The highest BCUT2D eigenvalue weighted by atomic mass is 31.2. The molecule has 0 aliphatic heterocycles. The van der Waals surface area contributed by atoms with Gasteiger partial charge in [0.25, 0.3) is 0 Å². The molecular formula is C16H38N2O8P2. The van der Waals surface area contributed by atoms with Crippen molar-refractivity contribution in [2.45, 2.75) is 63.9 Å². The summed E-state index contributed by atoms with van der Waals surface area (Å²) in [7, 11) is -6.69. The first-order chi connectivity index (χ1) is 13.0. The highest BCUT2D eigenvalue weighted by molar-refractivity contribution is 7.58. The second kappa shape index (κ2) is 15.9. The largest absolute Gasteiger partial charge is 0.368 e. The van der Waals surface area contributed by atoms with E-state index < -0.39 is 27.3 Å². The third kappa shape index (κ3) is 19.5. The summed E-state index contributed by atoms with van der Waals surface area (Å²) in [6, 6.07) is 0. The zero-order valence-electron chi connectivity index (χ0n) is 16.4. The van der Waals surface area contributed by atoms with Crippen molar-refractivity contribution in [3.8, 4) is 0 Å². The second-order valence-corrected chi connectivity index (χ2v) is 12.0. The summed E-state index contributed by atoms with van der Waals surface area (Å²) >= 11 is 0. The summed E-state index contributed by atoms with van der Waals surface area (Å²) in [6.45, 7) is 1.28. The van der Waals surface area contributed by atoms with Gasteiger partial charge in [0.2, 0.25) is 14.7 Å². The molecule has 0 aromatic heterocycles. The molecule has 0 aliphatic carbocycles. The van der Waals surface area contributed by atoms with Crippen molar-refractivity contribution >= 4 is 14.7 Å². The molecule has 28 heavy (non-hydrogen) atoms. The first-order valence-electron chi connectivity index (χ1n) is 9.79. The molecule has 170 valence electrons. The maximum absolute atomic E-state index is 11.7. The van der Waals surface area contributed by atoms with Crippen LogP contribution in [0.1, 0.15) is 51.4 Å². The van der Waals surface area contributed by atoms with Crippen molar-refractivity contribution in [2.24, 2.45) is 0 Å². The molecule has 10 nitrogen and oxygen atoms in total. The zero-order chi connectivity index (χ0) is 21.5. The summed E-state index contributed by atoms with van der Waals surface area (Å²) < 4.78 is 23.4. The minimum absolute atomic E-state index is 0.0165. The lowest BCUT2D eigenvalue weighted by molar-refractivity contribution is -0.0417. The standard InChI is InChI=1S/C16H38N2O8P2/c19-15(20)7-11-27(23,24)13-17-9-5-3-1-2-4-6-10-18-14-28(25,26)12-8-16(21)22/h15-22H,1-14H2,(H,23,24)(H,25,26). The third-order valence-corrected chi connectivity index (χ3v) is 7.50. The lowest BCUT2D eigenvalue weighted by Crippen LogP contribution is -2.19. The Morgan fingerprint density at radius 3 is 1.25 bits per heavy atom. The molecule has 0 fully saturated rings. The van der Waals surface area contributed by atoms with Gasteiger partial charge in [-0.15, -0.1) is 0 Å². The molecule has 0 saturated carbocycles. The predicted octanol–water partition coefficient (Wildman–Crippen LogP) is 0.364. The molecule has 2 atom stereocenters. The average Bonchev–Trinajstić information content (AvgIpc) is 2.59. The molecule has 0 saturated heterocycles. The van der Waals surface area contributed by atoms with E-state index in [0.29, 0.717) is 13.1 Å². The molecule has 12 heteroatoms. The molecule has 2 unspecified atom stereocenters. The van der Waals surface area contributed by atoms with E-state index in [1.807, 2.05) is 0 Å². The van der Waals surface area contributed by atoms with Gasteiger partial charge >= 0.3 is 0 Å². The van der Waals surface area contributed by atoms with Gasteiger partial charge in [0, 0.05) is 25.2 Å². The summed E-state index contributed by atoms with van der Waals surface area (Å²) in [5.41, 5.74) is 0. The number of aliphatic hydroxyl groups excluding tert-OH is 2. The van der Waals surface area contributed by atoms with E-state index in [2.05, 4.69) is 10.6 Å². The summed E-state index contributed by atoms with van der Waals surface area (Å²) in [4.78, 5) is 19.2. The Hall–Kier alpha value is 0.140. The molecule has 8 N–H and O–H groups in total. The Bertz CT molecular complexity index is 438. The maximum Gasteiger partial charge on any atom is 0.214 e. The van der Waals surface area contributed by atoms with Crippen LogP contribution in [0.25, 0.3) is 0 Å². The van der Waals surface area contributed by atoms with E-state index in [1.54, 1.807) is 0 Å². The average molecular weight is 448 g/mol. The van der Waals surface area contributed by atoms with Crippen molar-refractivity contribution in [1.29, 1.82) is 0 Å². The molecule has 0 heterocycles. The Kier molecular flexibility index (Phi) is 16.0. The van der Waals surface area contributed by atoms with Gasteiger partial charge in [0.15, 0.2) is 12.6 Å². The van der Waals surface area contributed by atoms with Crippen LogP contribution in [-0.4, -0.2) is 80.8 Å². The van der Waals surface area contributed by atoms with Gasteiger partial charge in [0.1, 0.15) is 0 Å². The van der Waals surface area contributed by atoms with Crippen LogP contribution < -0.4 is 10.6 Å². The van der Waals surface area contributed by atoms with Crippen LogP contribution >= 0.6 is 14.7 Å². The van der Waals surface area contributed by atoms with Gasteiger partial charge in [-0.3, -0.25) is 9.13 Å². The fourth-order valence-corrected chi connectivity index (χ4v) is 5.11. The van der Waals surface area contributed by atoms with E-state index in [0.717, 1.165) is 38.5 Å². The molecular weight excluding hydrogens is 410 g/mol. The second-order valence-electron chi connectivity index (χ2n) is 7.12. The van der Waals surface area contributed by atoms with Gasteiger partial charge < -0.3 is 40.8 Å². The number of hydrogen-bond acceptors (Lipinski definition) is 8. The van der Waals surface area contributed by atoms with Crippen molar-refractivity contribution in [1.82, 2.24) is 10.6 Å². The Morgan fingerprint density at radius 1 is 0.607 bits per heavy atom. The van der Waals surface area contributed by atoms with Crippen molar-refractivity contribution in [2.75, 3.05) is 38.0 Å². The molecule has 0 aliphatic rings. The topological polar surface area (TPSA) is 180 Å². The van der Waals surface area contributed by atoms with E-state index >= 15 is 0 Å². The molecule has 0 radical (unpaired) electrons. The van der Waals surface area contributed by atoms with Crippen molar-refractivity contribution in [3.05, 3.63) is 0 Å². The molecule has 0 rings (SSSR count). The number of aliphatic hydroxyl groups is 4. The van der Waals surface area contributed by atoms with Crippen LogP contribution in [0.2, 0.25) is 0 Å². The van der Waals surface area contributed by atoms with E-state index in [1.165, 1.54) is 0 Å². The smallest absolute Gasteiger partial charge is 0.214 e. The Morgan fingerprint density at radius 2 is 0.929 bits per heavy atom. The van der Waals surface area contributed by atoms with Crippen LogP contribution in [-0.2, 0) is 9.13 Å². The highest BCUT2D eigenvalue weighted by Crippen LogP contribution is 2.40. The quantitative estimate of drug-likeness (QED) is 0.0781. The molecule has 0 amide bonds. The SMILES string of the molecule is O=P(O)(CCC(O)O)CNCCCCCCCCNCP(=O)(O)CCC(O)O. The normalized spacial score (nSPS) is 16.4. The number of rotatable bonds is 19. The Labute approximate surface area is 167 Å². The molecule has 0 bridgehead atoms. The number of unbranched alkanes of at least 4 members (excludes halogenated alkanes) is 5. The highest BCUT2D eigenvalue weighted by Gasteiger charge is 2.19. The van der Waals surface area contributed by atoms with Crippen LogP contribution in [0.4, 0.5) is 0 Å². The molecule has 0 aromatic rings. The van der Waals surface area contributed by atoms with E-state index in [4.69, 9.17) is 20.4 Å². The van der Waals surface area contributed by atoms with Gasteiger partial charge in [-0.1, -0.05) is 25.7 Å². The minimum Gasteiger partial charge on any atom is -0.368 e. The predicted molar refractivity (Wildman–Crippen MR) is 109 cm³/mol. The van der Waals surface area contributed by atoms with Crippen LogP contribution in [0.3, 0.4) is 0 Å². The van der Waals surface area contributed by atoms with E-state index in [-0.39, 0.29) is 37.7 Å². The summed E-state index contributed by atoms with van der Waals surface area (Å²) in [6.07, 6.45) is 2.31. The minimum atomic E-state index is -3.35. The molecule has 0 spiro atoms. The van der Waals surface area contributed by atoms with Crippen LogP contribution in [0.5, 0.6) is 0 Å². The van der Waals surface area contributed by atoms with Crippen molar-refractivity contribution < 1.29 is 39.3 Å². The number of nitrogens with one attached hydrogen (secondary N) is 2. The van der Waals surface area contributed by atoms with Gasteiger partial charge in [-0.05, 0) is 25.9 Å². The fraction of sp³-hybridized carbons (Fsp3) is 1.00. The zero-order valence-corrected chi connectivity index (χ0v) is 18.2. The first-order valence-corrected chi connectivity index (χ1v) is 13.9. The third-order valence-electron chi connectivity index (χ3n) is 4.15. The lowest BCUT2D eigenvalue weighted by atomic mass is 10.1. The number of hydrogen-bond donors (Lipinski definition) is 8. The first kappa shape index (κ1) is 28.1. The monoisotopic (exact) mass is 448 g/mol. The van der Waals surface area contributed by atoms with Gasteiger partial charge in [-0.2, -0.15) is 0 Å². The maximum atomic E-state index is 11.7. The Balaban J connectivity index is 3.44. The summed E-state index contributed by atoms with van der Waals surface area (Å²) in [5.74, 6) is 0. The lowest BCUT2D eigenvalue weighted by Gasteiger charge is -2.13. The summed E-state index contributed by atoms with van der Waals surface area (Å²) in [5, 5.41) is 40.7. The van der Waals surface area contributed by atoms with Gasteiger partial charge in [0.05, 0.1) is 12.6 Å². The van der Waals surface area contributed by atoms with E-state index in [9.17, 15) is 18.9 Å².